The number of aromatic amines is 1. The first kappa shape index (κ1) is 12.2. The molecular formula is C15H19N3O. The van der Waals surface area contributed by atoms with Crippen LogP contribution in [-0.4, -0.2) is 30.0 Å². The number of benzene rings is 1. The van der Waals surface area contributed by atoms with Crippen molar-refractivity contribution >= 4 is 22.5 Å². The van der Waals surface area contributed by atoms with E-state index in [4.69, 9.17) is 0 Å². The van der Waals surface area contributed by atoms with Crippen LogP contribution in [-0.2, 0) is 4.79 Å². The Labute approximate surface area is 112 Å². The predicted octanol–water partition coefficient (Wildman–Crippen LogP) is 2.19. The first-order chi connectivity index (χ1) is 9.20. The van der Waals surface area contributed by atoms with Gasteiger partial charge in [0.05, 0.1) is 5.69 Å². The summed E-state index contributed by atoms with van der Waals surface area (Å²) in [6.07, 6.45) is 0.590. The van der Waals surface area contributed by atoms with Gasteiger partial charge in [0.1, 0.15) is 0 Å². The Morgan fingerprint density at radius 1 is 1.42 bits per heavy atom. The second kappa shape index (κ2) is 4.70. The molecule has 1 aliphatic rings. The standard InChI is InChI=1S/C15H19N3O/c1-3-16-11-8-14(19)18(9-11)15-10(2)17-13-7-5-4-6-12(13)15/h4-7,11,16-17H,3,8-9H2,1-2H3. The normalized spacial score (nSPS) is 19.6. The Balaban J connectivity index is 2.00. The third-order valence-corrected chi connectivity index (χ3v) is 3.75. The first-order valence-corrected chi connectivity index (χ1v) is 6.81. The molecule has 4 heteroatoms. The van der Waals surface area contributed by atoms with Crippen LogP contribution >= 0.6 is 0 Å². The van der Waals surface area contributed by atoms with Gasteiger partial charge >= 0.3 is 0 Å². The minimum absolute atomic E-state index is 0.207. The summed E-state index contributed by atoms with van der Waals surface area (Å²) < 4.78 is 0. The zero-order valence-electron chi connectivity index (χ0n) is 11.4. The maximum absolute atomic E-state index is 12.2. The summed E-state index contributed by atoms with van der Waals surface area (Å²) in [5.41, 5.74) is 3.20. The number of hydrogen-bond acceptors (Lipinski definition) is 2. The van der Waals surface area contributed by atoms with E-state index in [1.165, 1.54) is 0 Å². The third-order valence-electron chi connectivity index (χ3n) is 3.75. The molecule has 0 spiro atoms. The second-order valence-corrected chi connectivity index (χ2v) is 5.11. The first-order valence-electron chi connectivity index (χ1n) is 6.81. The molecule has 19 heavy (non-hydrogen) atoms. The van der Waals surface area contributed by atoms with E-state index < -0.39 is 0 Å². The second-order valence-electron chi connectivity index (χ2n) is 5.11. The molecule has 100 valence electrons. The van der Waals surface area contributed by atoms with Crippen LogP contribution in [0.2, 0.25) is 0 Å². The smallest absolute Gasteiger partial charge is 0.228 e. The van der Waals surface area contributed by atoms with Crippen molar-refractivity contribution in [3.63, 3.8) is 0 Å². The fourth-order valence-electron chi connectivity index (χ4n) is 2.96. The molecule has 2 heterocycles. The van der Waals surface area contributed by atoms with Crippen molar-refractivity contribution in [2.24, 2.45) is 0 Å². The van der Waals surface area contributed by atoms with E-state index in [2.05, 4.69) is 23.3 Å². The number of H-pyrrole nitrogens is 1. The van der Waals surface area contributed by atoms with Crippen molar-refractivity contribution in [2.45, 2.75) is 26.3 Å². The minimum atomic E-state index is 0.207. The molecule has 0 aliphatic carbocycles. The predicted molar refractivity (Wildman–Crippen MR) is 77.5 cm³/mol. The van der Waals surface area contributed by atoms with Crippen molar-refractivity contribution in [3.05, 3.63) is 30.0 Å². The van der Waals surface area contributed by atoms with E-state index >= 15 is 0 Å². The number of para-hydroxylation sites is 1. The maximum atomic E-state index is 12.2. The highest BCUT2D eigenvalue weighted by atomic mass is 16.2. The highest BCUT2D eigenvalue weighted by molar-refractivity contribution is 6.06. The van der Waals surface area contributed by atoms with E-state index in [-0.39, 0.29) is 11.9 Å². The van der Waals surface area contributed by atoms with Crippen molar-refractivity contribution in [1.29, 1.82) is 0 Å². The number of amides is 1. The van der Waals surface area contributed by atoms with Crippen LogP contribution in [0.5, 0.6) is 0 Å². The number of carbonyl (C=O) groups is 1. The highest BCUT2D eigenvalue weighted by Crippen LogP contribution is 2.33. The average molecular weight is 257 g/mol. The quantitative estimate of drug-likeness (QED) is 0.885. The van der Waals surface area contributed by atoms with Gasteiger partial charge in [-0.15, -0.1) is 0 Å². The molecule has 2 aromatic rings. The monoisotopic (exact) mass is 257 g/mol. The summed E-state index contributed by atoms with van der Waals surface area (Å²) in [4.78, 5) is 17.5. The van der Waals surface area contributed by atoms with Gasteiger partial charge in [-0.1, -0.05) is 25.1 Å². The fraction of sp³-hybridized carbons (Fsp3) is 0.400. The van der Waals surface area contributed by atoms with Crippen LogP contribution in [0.4, 0.5) is 5.69 Å². The number of aromatic nitrogens is 1. The molecule has 1 fully saturated rings. The lowest BCUT2D eigenvalue weighted by Gasteiger charge is -2.17. The lowest BCUT2D eigenvalue weighted by atomic mass is 10.2. The summed E-state index contributed by atoms with van der Waals surface area (Å²) in [5, 5.41) is 4.49. The van der Waals surface area contributed by atoms with Crippen molar-refractivity contribution < 1.29 is 4.79 Å². The number of nitrogens with one attached hydrogen (secondary N) is 2. The Morgan fingerprint density at radius 3 is 3.00 bits per heavy atom. The molecule has 1 aromatic heterocycles. The van der Waals surface area contributed by atoms with Gasteiger partial charge in [-0.25, -0.2) is 0 Å². The van der Waals surface area contributed by atoms with Gasteiger partial charge in [0.25, 0.3) is 0 Å². The van der Waals surface area contributed by atoms with Crippen molar-refractivity contribution in [3.8, 4) is 0 Å². The zero-order chi connectivity index (χ0) is 13.4. The number of rotatable bonds is 3. The number of carbonyl (C=O) groups excluding carboxylic acids is 1. The number of anilines is 1. The van der Waals surface area contributed by atoms with Gasteiger partial charge in [-0.05, 0) is 19.5 Å². The Bertz CT molecular complexity index is 617. The van der Waals surface area contributed by atoms with Gasteiger partial charge in [0, 0.05) is 35.6 Å². The van der Waals surface area contributed by atoms with Gasteiger partial charge in [0.2, 0.25) is 5.91 Å². The summed E-state index contributed by atoms with van der Waals surface area (Å²) in [7, 11) is 0. The number of nitrogens with zero attached hydrogens (tertiary/aromatic N) is 1. The average Bonchev–Trinajstić information content (AvgIpc) is 2.89. The molecule has 1 unspecified atom stereocenters. The summed E-state index contributed by atoms with van der Waals surface area (Å²) in [6.45, 7) is 5.77. The van der Waals surface area contributed by atoms with Crippen LogP contribution in [0, 0.1) is 6.92 Å². The highest BCUT2D eigenvalue weighted by Gasteiger charge is 2.32. The van der Waals surface area contributed by atoms with Crippen molar-refractivity contribution in [1.82, 2.24) is 10.3 Å². The van der Waals surface area contributed by atoms with Gasteiger partial charge in [-0.3, -0.25) is 4.79 Å². The molecule has 3 rings (SSSR count). The summed E-state index contributed by atoms with van der Waals surface area (Å²) in [5.74, 6) is 0.207. The topological polar surface area (TPSA) is 48.1 Å². The molecular weight excluding hydrogens is 238 g/mol. The van der Waals surface area contributed by atoms with E-state index in [9.17, 15) is 4.79 Å². The van der Waals surface area contributed by atoms with Crippen LogP contribution in [0.25, 0.3) is 10.9 Å². The largest absolute Gasteiger partial charge is 0.357 e. The number of fused-ring (bicyclic) bond motifs is 1. The van der Waals surface area contributed by atoms with E-state index in [0.29, 0.717) is 6.42 Å². The van der Waals surface area contributed by atoms with E-state index in [1.54, 1.807) is 0 Å². The Morgan fingerprint density at radius 2 is 2.21 bits per heavy atom. The Kier molecular flexibility index (Phi) is 3.03. The molecule has 0 bridgehead atoms. The van der Waals surface area contributed by atoms with Crippen LogP contribution in [0.3, 0.4) is 0 Å². The van der Waals surface area contributed by atoms with Crippen molar-refractivity contribution in [2.75, 3.05) is 18.0 Å². The zero-order valence-corrected chi connectivity index (χ0v) is 11.4. The molecule has 1 saturated heterocycles. The van der Waals surface area contributed by atoms with Gasteiger partial charge < -0.3 is 15.2 Å². The molecule has 0 saturated carbocycles. The van der Waals surface area contributed by atoms with E-state index in [1.807, 2.05) is 30.0 Å². The third kappa shape index (κ3) is 2.02. The van der Waals surface area contributed by atoms with Crippen LogP contribution in [0.1, 0.15) is 19.0 Å². The minimum Gasteiger partial charge on any atom is -0.357 e. The molecule has 1 aromatic carbocycles. The lowest BCUT2D eigenvalue weighted by Crippen LogP contribution is -2.32. The molecule has 0 radical (unpaired) electrons. The molecule has 1 atom stereocenters. The molecule has 1 aliphatic heterocycles. The SMILES string of the molecule is CCNC1CC(=O)N(c2c(C)[nH]c3ccccc23)C1. The van der Waals surface area contributed by atoms with Gasteiger partial charge in [-0.2, -0.15) is 0 Å². The summed E-state index contributed by atoms with van der Waals surface area (Å²) in [6, 6.07) is 8.41. The van der Waals surface area contributed by atoms with Crippen LogP contribution in [0.15, 0.2) is 24.3 Å². The maximum Gasteiger partial charge on any atom is 0.228 e. The number of likely N-dealkylation sites (N-methyl/N-ethyl adjacent to an activating group) is 1. The van der Waals surface area contributed by atoms with Gasteiger partial charge in [0.15, 0.2) is 0 Å². The number of hydrogen-bond donors (Lipinski definition) is 2. The van der Waals surface area contributed by atoms with Crippen LogP contribution < -0.4 is 10.2 Å². The molecule has 2 N–H and O–H groups in total. The molecule has 1 amide bonds. The summed E-state index contributed by atoms with van der Waals surface area (Å²) >= 11 is 0. The van der Waals surface area contributed by atoms with E-state index in [0.717, 1.165) is 35.4 Å². The fourth-order valence-corrected chi connectivity index (χ4v) is 2.96. The molecule has 4 nitrogen and oxygen atoms in total. The lowest BCUT2D eigenvalue weighted by molar-refractivity contribution is -0.117. The number of aryl methyl sites for hydroxylation is 1. The Hall–Kier alpha value is -1.81.